The fourth-order valence-electron chi connectivity index (χ4n) is 3.87. The second kappa shape index (κ2) is 10.0. The van der Waals surface area contributed by atoms with Crippen LogP contribution in [-0.4, -0.2) is 48.4 Å². The largest absolute Gasteiger partial charge is 0.458 e. The number of thioether (sulfide) groups is 1. The molecular formula is C27H24O6S. The van der Waals surface area contributed by atoms with Gasteiger partial charge in [-0.3, -0.25) is 0 Å². The molecule has 5 atom stereocenters. The van der Waals surface area contributed by atoms with Crippen molar-refractivity contribution in [3.05, 3.63) is 102 Å². The van der Waals surface area contributed by atoms with Gasteiger partial charge >= 0.3 is 11.9 Å². The number of carbonyl (C=O) groups excluding carboxylic acids is 2. The first-order valence-electron chi connectivity index (χ1n) is 11.1. The normalized spacial score (nSPS) is 23.6. The molecule has 0 N–H and O–H groups in total. The number of benzene rings is 3. The van der Waals surface area contributed by atoms with Crippen molar-refractivity contribution in [1.29, 1.82) is 0 Å². The van der Waals surface area contributed by atoms with Gasteiger partial charge in [-0.25, -0.2) is 9.59 Å². The van der Waals surface area contributed by atoms with E-state index in [0.29, 0.717) is 11.1 Å². The van der Waals surface area contributed by atoms with Crippen LogP contribution in [0.4, 0.5) is 0 Å². The summed E-state index contributed by atoms with van der Waals surface area (Å²) in [5, 5.41) is 0. The summed E-state index contributed by atoms with van der Waals surface area (Å²) in [4.78, 5) is 26.4. The lowest BCUT2D eigenvalue weighted by atomic mass is 10.1. The number of ether oxygens (including phenoxy) is 4. The van der Waals surface area contributed by atoms with Crippen molar-refractivity contribution in [2.75, 3.05) is 6.61 Å². The van der Waals surface area contributed by atoms with Crippen molar-refractivity contribution in [2.24, 2.45) is 0 Å². The Balaban J connectivity index is 1.29. The van der Waals surface area contributed by atoms with Gasteiger partial charge in [0, 0.05) is 4.90 Å². The van der Waals surface area contributed by atoms with E-state index in [1.807, 2.05) is 43.3 Å². The summed E-state index contributed by atoms with van der Waals surface area (Å²) in [7, 11) is 0. The summed E-state index contributed by atoms with van der Waals surface area (Å²) in [5.41, 5.74) is 1.79. The van der Waals surface area contributed by atoms with Gasteiger partial charge < -0.3 is 18.9 Å². The van der Waals surface area contributed by atoms with Crippen LogP contribution in [0.3, 0.4) is 0 Å². The molecule has 5 rings (SSSR count). The van der Waals surface area contributed by atoms with Gasteiger partial charge in [-0.1, -0.05) is 65.9 Å². The molecule has 3 aromatic rings. The molecule has 0 radical (unpaired) electrons. The van der Waals surface area contributed by atoms with Crippen molar-refractivity contribution < 1.29 is 28.5 Å². The molecule has 174 valence electrons. The minimum atomic E-state index is -0.806. The number of rotatable bonds is 8. The van der Waals surface area contributed by atoms with E-state index in [1.54, 1.807) is 60.3 Å². The Morgan fingerprint density at radius 2 is 1.44 bits per heavy atom. The monoisotopic (exact) mass is 476 g/mol. The SMILES string of the molecule is Cc1ccc(S[C@@H]2O[C@@H]([C@@H](COC(=O)c3ccccc3)OC(=O)c3ccccc3)[C@H]3O[C@H]32)cc1. The van der Waals surface area contributed by atoms with Gasteiger partial charge in [0.1, 0.15) is 30.4 Å². The molecule has 2 aliphatic heterocycles. The van der Waals surface area contributed by atoms with Gasteiger partial charge in [0.15, 0.2) is 6.10 Å². The highest BCUT2D eigenvalue weighted by atomic mass is 32.2. The third kappa shape index (κ3) is 5.17. The summed E-state index contributed by atoms with van der Waals surface area (Å²) in [6, 6.07) is 25.6. The van der Waals surface area contributed by atoms with E-state index in [2.05, 4.69) is 0 Å². The Morgan fingerprint density at radius 1 is 0.824 bits per heavy atom. The number of aryl methyl sites for hydroxylation is 1. The highest BCUT2D eigenvalue weighted by Gasteiger charge is 2.61. The Labute approximate surface area is 202 Å². The standard InChI is InChI=1S/C27H24O6S/c1-17-12-14-20(15-13-17)34-27-24-23(32-24)22(33-27)21(31-26(29)19-10-6-3-7-11-19)16-30-25(28)18-8-4-2-5-9-18/h2-15,21-24,27H,16H2,1H3/t21-,22+,23-,24-,27+/m1/s1. The Kier molecular flexibility index (Phi) is 6.67. The number of epoxide rings is 1. The fourth-order valence-corrected chi connectivity index (χ4v) is 4.96. The summed E-state index contributed by atoms with van der Waals surface area (Å²) in [6.07, 6.45) is -1.66. The van der Waals surface area contributed by atoms with Gasteiger partial charge in [-0.2, -0.15) is 0 Å². The van der Waals surface area contributed by atoms with Crippen LogP contribution < -0.4 is 0 Å². The molecule has 7 heteroatoms. The molecule has 2 aliphatic rings. The predicted molar refractivity (Wildman–Crippen MR) is 127 cm³/mol. The van der Waals surface area contributed by atoms with E-state index in [4.69, 9.17) is 18.9 Å². The van der Waals surface area contributed by atoms with Gasteiger partial charge in [-0.15, -0.1) is 0 Å². The van der Waals surface area contributed by atoms with E-state index >= 15 is 0 Å². The van der Waals surface area contributed by atoms with Gasteiger partial charge in [-0.05, 0) is 43.3 Å². The summed E-state index contributed by atoms with van der Waals surface area (Å²) in [5.74, 6) is -0.991. The van der Waals surface area contributed by atoms with Crippen LogP contribution >= 0.6 is 11.8 Å². The average Bonchev–Trinajstić information content (AvgIpc) is 3.60. The van der Waals surface area contributed by atoms with E-state index in [-0.39, 0.29) is 24.3 Å². The first kappa shape index (κ1) is 22.7. The molecule has 0 saturated carbocycles. The number of carbonyl (C=O) groups is 2. The van der Waals surface area contributed by atoms with Crippen molar-refractivity contribution in [1.82, 2.24) is 0 Å². The predicted octanol–water partition coefficient (Wildman–Crippen LogP) is 4.66. The quantitative estimate of drug-likeness (QED) is 0.346. The zero-order valence-corrected chi connectivity index (χ0v) is 19.4. The molecule has 0 spiro atoms. The highest BCUT2D eigenvalue weighted by Crippen LogP contribution is 2.47. The molecule has 2 fully saturated rings. The van der Waals surface area contributed by atoms with Crippen LogP contribution in [0.1, 0.15) is 26.3 Å². The fraction of sp³-hybridized carbons (Fsp3) is 0.259. The molecule has 6 nitrogen and oxygen atoms in total. The van der Waals surface area contributed by atoms with Crippen molar-refractivity contribution >= 4 is 23.7 Å². The van der Waals surface area contributed by atoms with Crippen LogP contribution in [0.25, 0.3) is 0 Å². The van der Waals surface area contributed by atoms with E-state index in [1.165, 1.54) is 5.56 Å². The van der Waals surface area contributed by atoms with Crippen LogP contribution in [0.2, 0.25) is 0 Å². The molecule has 2 saturated heterocycles. The van der Waals surface area contributed by atoms with Crippen LogP contribution in [0.15, 0.2) is 89.8 Å². The average molecular weight is 477 g/mol. The summed E-state index contributed by atoms with van der Waals surface area (Å²) in [6.45, 7) is 1.91. The number of hydrogen-bond acceptors (Lipinski definition) is 7. The zero-order valence-electron chi connectivity index (χ0n) is 18.5. The molecule has 0 bridgehead atoms. The van der Waals surface area contributed by atoms with E-state index < -0.39 is 24.1 Å². The first-order valence-corrected chi connectivity index (χ1v) is 12.0. The Morgan fingerprint density at radius 3 is 2.09 bits per heavy atom. The minimum absolute atomic E-state index is 0.0981. The summed E-state index contributed by atoms with van der Waals surface area (Å²) < 4.78 is 23.4. The lowest BCUT2D eigenvalue weighted by Crippen LogP contribution is -2.40. The zero-order chi connectivity index (χ0) is 23.5. The molecule has 2 heterocycles. The maximum absolute atomic E-state index is 12.8. The Hall–Kier alpha value is -3.13. The summed E-state index contributed by atoms with van der Waals surface area (Å²) >= 11 is 1.57. The van der Waals surface area contributed by atoms with Gasteiger partial charge in [0.05, 0.1) is 11.1 Å². The molecule has 0 amide bonds. The molecular weight excluding hydrogens is 452 g/mol. The molecule has 0 aliphatic carbocycles. The topological polar surface area (TPSA) is 74.4 Å². The third-order valence-electron chi connectivity index (χ3n) is 5.74. The van der Waals surface area contributed by atoms with Crippen LogP contribution in [-0.2, 0) is 18.9 Å². The minimum Gasteiger partial charge on any atom is -0.458 e. The van der Waals surface area contributed by atoms with Crippen LogP contribution in [0.5, 0.6) is 0 Å². The van der Waals surface area contributed by atoms with Crippen LogP contribution in [0, 0.1) is 6.92 Å². The van der Waals surface area contributed by atoms with Crippen molar-refractivity contribution in [3.63, 3.8) is 0 Å². The van der Waals surface area contributed by atoms with E-state index in [0.717, 1.165) is 4.90 Å². The number of hydrogen-bond donors (Lipinski definition) is 0. The van der Waals surface area contributed by atoms with Gasteiger partial charge in [0.25, 0.3) is 0 Å². The first-order chi connectivity index (χ1) is 16.6. The number of fused-ring (bicyclic) bond motifs is 1. The third-order valence-corrected chi connectivity index (χ3v) is 6.90. The molecule has 0 unspecified atom stereocenters. The smallest absolute Gasteiger partial charge is 0.338 e. The highest BCUT2D eigenvalue weighted by molar-refractivity contribution is 7.99. The Bertz CT molecular complexity index is 1130. The second-order valence-corrected chi connectivity index (χ2v) is 9.41. The lowest BCUT2D eigenvalue weighted by Gasteiger charge is -2.25. The van der Waals surface area contributed by atoms with Crippen molar-refractivity contribution in [2.45, 2.75) is 41.7 Å². The second-order valence-electron chi connectivity index (χ2n) is 8.24. The van der Waals surface area contributed by atoms with Gasteiger partial charge in [0.2, 0.25) is 0 Å². The molecule has 3 aromatic carbocycles. The number of esters is 2. The lowest BCUT2D eigenvalue weighted by molar-refractivity contribution is -0.0867. The van der Waals surface area contributed by atoms with Crippen molar-refractivity contribution in [3.8, 4) is 0 Å². The molecule has 0 aromatic heterocycles. The maximum atomic E-state index is 12.8. The van der Waals surface area contributed by atoms with E-state index in [9.17, 15) is 9.59 Å². The molecule has 34 heavy (non-hydrogen) atoms. The maximum Gasteiger partial charge on any atom is 0.338 e.